The Bertz CT molecular complexity index is 658. The summed E-state index contributed by atoms with van der Waals surface area (Å²) in [6, 6.07) is 4.80. The van der Waals surface area contributed by atoms with Crippen molar-refractivity contribution in [2.45, 2.75) is 12.4 Å². The van der Waals surface area contributed by atoms with Gasteiger partial charge in [0.2, 0.25) is 5.78 Å². The van der Waals surface area contributed by atoms with Crippen molar-refractivity contribution in [3.05, 3.63) is 65.0 Å². The molecule has 0 radical (unpaired) electrons. The summed E-state index contributed by atoms with van der Waals surface area (Å²) in [5.41, 5.74) is -4.04. The molecule has 2 aromatic rings. The van der Waals surface area contributed by atoms with Crippen molar-refractivity contribution in [2.75, 3.05) is 0 Å². The molecule has 0 amide bonds. The molecule has 0 N–H and O–H groups in total. The fourth-order valence-corrected chi connectivity index (χ4v) is 1.73. The van der Waals surface area contributed by atoms with Crippen LogP contribution in [0.3, 0.4) is 0 Å². The van der Waals surface area contributed by atoms with E-state index in [1.54, 1.807) is 0 Å². The predicted octanol–water partition coefficient (Wildman–Crippen LogP) is 4.35. The number of carbonyl (C=O) groups excluding carboxylic acids is 1. The molecule has 0 aliphatic carbocycles. The molecule has 0 aliphatic heterocycles. The topological polar surface area (TPSA) is 30.0 Å². The standard InChI is InChI=1S/C14H7F6NO/c15-13(16,17)9-5-8(6-10(7-9)14(18,19)20)12(22)11-3-1-2-4-21-11/h1-7H. The molecule has 0 fully saturated rings. The molecule has 116 valence electrons. The zero-order valence-corrected chi connectivity index (χ0v) is 10.7. The van der Waals surface area contributed by atoms with Gasteiger partial charge in [0.15, 0.2) is 0 Å². The van der Waals surface area contributed by atoms with E-state index in [4.69, 9.17) is 0 Å². The van der Waals surface area contributed by atoms with E-state index in [-0.39, 0.29) is 11.8 Å². The minimum Gasteiger partial charge on any atom is -0.287 e. The van der Waals surface area contributed by atoms with E-state index in [1.165, 1.54) is 24.4 Å². The molecule has 0 atom stereocenters. The Labute approximate surface area is 120 Å². The number of aromatic nitrogens is 1. The van der Waals surface area contributed by atoms with Crippen LogP contribution in [0.5, 0.6) is 0 Å². The van der Waals surface area contributed by atoms with Gasteiger partial charge in [-0.3, -0.25) is 9.78 Å². The largest absolute Gasteiger partial charge is 0.416 e. The Hall–Kier alpha value is -2.38. The molecular weight excluding hydrogens is 312 g/mol. The molecule has 0 unspecified atom stereocenters. The van der Waals surface area contributed by atoms with Gasteiger partial charge in [0, 0.05) is 11.8 Å². The molecule has 0 bridgehead atoms. The monoisotopic (exact) mass is 319 g/mol. The van der Waals surface area contributed by atoms with Gasteiger partial charge in [0.1, 0.15) is 5.69 Å². The zero-order chi connectivity index (χ0) is 16.5. The normalized spacial score (nSPS) is 12.3. The van der Waals surface area contributed by atoms with E-state index in [2.05, 4.69) is 4.98 Å². The van der Waals surface area contributed by atoms with E-state index in [9.17, 15) is 31.1 Å². The summed E-state index contributed by atoms with van der Waals surface area (Å²) in [5, 5.41) is 0. The van der Waals surface area contributed by atoms with E-state index < -0.39 is 34.8 Å². The first-order valence-electron chi connectivity index (χ1n) is 5.84. The number of alkyl halides is 6. The smallest absolute Gasteiger partial charge is 0.287 e. The highest BCUT2D eigenvalue weighted by Crippen LogP contribution is 2.36. The van der Waals surface area contributed by atoms with Gasteiger partial charge in [0.05, 0.1) is 11.1 Å². The molecule has 0 saturated carbocycles. The van der Waals surface area contributed by atoms with Crippen LogP contribution in [0, 0.1) is 0 Å². The third kappa shape index (κ3) is 3.44. The lowest BCUT2D eigenvalue weighted by molar-refractivity contribution is -0.143. The number of hydrogen-bond acceptors (Lipinski definition) is 2. The fraction of sp³-hybridized carbons (Fsp3) is 0.143. The van der Waals surface area contributed by atoms with Gasteiger partial charge < -0.3 is 0 Å². The molecule has 0 saturated heterocycles. The van der Waals surface area contributed by atoms with Crippen molar-refractivity contribution in [2.24, 2.45) is 0 Å². The van der Waals surface area contributed by atoms with Gasteiger partial charge >= 0.3 is 12.4 Å². The summed E-state index contributed by atoms with van der Waals surface area (Å²) in [4.78, 5) is 15.6. The number of ketones is 1. The van der Waals surface area contributed by atoms with Gasteiger partial charge in [-0.05, 0) is 30.3 Å². The van der Waals surface area contributed by atoms with Crippen LogP contribution >= 0.6 is 0 Å². The van der Waals surface area contributed by atoms with Crippen LogP contribution in [0.4, 0.5) is 26.3 Å². The first kappa shape index (κ1) is 16.0. The first-order chi connectivity index (χ1) is 10.1. The van der Waals surface area contributed by atoms with Crippen molar-refractivity contribution >= 4 is 5.78 Å². The highest BCUT2D eigenvalue weighted by atomic mass is 19.4. The number of benzene rings is 1. The van der Waals surface area contributed by atoms with E-state index in [0.717, 1.165) is 0 Å². The highest BCUT2D eigenvalue weighted by Gasteiger charge is 2.37. The van der Waals surface area contributed by atoms with Gasteiger partial charge in [-0.25, -0.2) is 0 Å². The van der Waals surface area contributed by atoms with Crippen LogP contribution in [0.15, 0.2) is 42.6 Å². The number of pyridine rings is 1. The second-order valence-electron chi connectivity index (χ2n) is 4.34. The third-order valence-electron chi connectivity index (χ3n) is 2.75. The Kier molecular flexibility index (Phi) is 3.95. The first-order valence-corrected chi connectivity index (χ1v) is 5.84. The van der Waals surface area contributed by atoms with Gasteiger partial charge in [-0.15, -0.1) is 0 Å². The van der Waals surface area contributed by atoms with Crippen molar-refractivity contribution in [3.8, 4) is 0 Å². The summed E-state index contributed by atoms with van der Waals surface area (Å²) in [6.07, 6.45) is -8.79. The van der Waals surface area contributed by atoms with Crippen LogP contribution in [0.2, 0.25) is 0 Å². The van der Waals surface area contributed by atoms with E-state index in [1.807, 2.05) is 0 Å². The van der Waals surface area contributed by atoms with Crippen LogP contribution in [0.1, 0.15) is 27.2 Å². The lowest BCUT2D eigenvalue weighted by Gasteiger charge is -2.13. The number of rotatable bonds is 2. The average Bonchev–Trinajstić information content (AvgIpc) is 2.45. The Morgan fingerprint density at radius 2 is 1.41 bits per heavy atom. The van der Waals surface area contributed by atoms with Crippen molar-refractivity contribution in [3.63, 3.8) is 0 Å². The van der Waals surface area contributed by atoms with Crippen molar-refractivity contribution < 1.29 is 31.1 Å². The summed E-state index contributed by atoms with van der Waals surface area (Å²) in [6.45, 7) is 0. The molecule has 0 aliphatic rings. The molecule has 1 aromatic heterocycles. The molecule has 1 heterocycles. The quantitative estimate of drug-likeness (QED) is 0.608. The summed E-state index contributed by atoms with van der Waals surface area (Å²) in [7, 11) is 0. The van der Waals surface area contributed by atoms with Crippen molar-refractivity contribution in [1.29, 1.82) is 0 Å². The van der Waals surface area contributed by atoms with Crippen molar-refractivity contribution in [1.82, 2.24) is 4.98 Å². The minimum absolute atomic E-state index is 0.0325. The zero-order valence-electron chi connectivity index (χ0n) is 10.7. The number of halogens is 6. The number of nitrogens with zero attached hydrogens (tertiary/aromatic N) is 1. The molecule has 2 rings (SSSR count). The Morgan fingerprint density at radius 1 is 0.864 bits per heavy atom. The van der Waals surface area contributed by atoms with E-state index >= 15 is 0 Å². The Morgan fingerprint density at radius 3 is 1.82 bits per heavy atom. The average molecular weight is 319 g/mol. The maximum atomic E-state index is 12.7. The summed E-state index contributed by atoms with van der Waals surface area (Å²) in [5.74, 6) is -1.02. The lowest BCUT2D eigenvalue weighted by atomic mass is 10.0. The number of carbonyl (C=O) groups is 1. The highest BCUT2D eigenvalue weighted by molar-refractivity contribution is 6.07. The minimum atomic E-state index is -5.00. The molecular formula is C14H7F6NO. The summed E-state index contributed by atoms with van der Waals surface area (Å²) >= 11 is 0. The maximum absolute atomic E-state index is 12.7. The molecule has 8 heteroatoms. The predicted molar refractivity (Wildman–Crippen MR) is 64.1 cm³/mol. The van der Waals surface area contributed by atoms with Crippen LogP contribution in [-0.2, 0) is 12.4 Å². The van der Waals surface area contributed by atoms with Gasteiger partial charge in [0.25, 0.3) is 0 Å². The maximum Gasteiger partial charge on any atom is 0.416 e. The van der Waals surface area contributed by atoms with E-state index in [0.29, 0.717) is 12.1 Å². The van der Waals surface area contributed by atoms with Gasteiger partial charge in [-0.2, -0.15) is 26.3 Å². The Balaban J connectivity index is 2.58. The summed E-state index contributed by atoms with van der Waals surface area (Å²) < 4.78 is 76.2. The second kappa shape index (κ2) is 5.43. The molecule has 22 heavy (non-hydrogen) atoms. The second-order valence-corrected chi connectivity index (χ2v) is 4.34. The van der Waals surface area contributed by atoms with Crippen LogP contribution in [-0.4, -0.2) is 10.8 Å². The van der Waals surface area contributed by atoms with Gasteiger partial charge in [-0.1, -0.05) is 6.07 Å². The SMILES string of the molecule is O=C(c1cc(C(F)(F)F)cc(C(F)(F)F)c1)c1ccccn1. The van der Waals surface area contributed by atoms with Crippen LogP contribution < -0.4 is 0 Å². The third-order valence-corrected chi connectivity index (χ3v) is 2.75. The fourth-order valence-electron chi connectivity index (χ4n) is 1.73. The lowest BCUT2D eigenvalue weighted by Crippen LogP contribution is -2.14. The number of hydrogen-bond donors (Lipinski definition) is 0. The molecule has 0 spiro atoms. The molecule has 1 aromatic carbocycles. The van der Waals surface area contributed by atoms with Crippen LogP contribution in [0.25, 0.3) is 0 Å². The molecule has 2 nitrogen and oxygen atoms in total.